The Kier molecular flexibility index (Phi) is 10.1. The fourth-order valence-corrected chi connectivity index (χ4v) is 3.99. The van der Waals surface area contributed by atoms with E-state index in [9.17, 15) is 19.2 Å². The predicted octanol–water partition coefficient (Wildman–Crippen LogP) is 1.20. The zero-order chi connectivity index (χ0) is 20.6. The number of hydrogen-bond acceptors (Lipinski definition) is 10. The van der Waals surface area contributed by atoms with Crippen LogP contribution in [0.15, 0.2) is 0 Å². The molecule has 0 saturated carbocycles. The standard InChI is InChI=1S/C16H23BrO9S/c1-8(18)22-7-12-13(23-9(2)19)14(24-10(3)20)15(25-11(4)21)16(26-12)27-6-5-17/h12-16H,5-7H2,1-4H3/t12-,13-,14+,15-,16+/m1/s1. The Hall–Kier alpha value is -1.33. The van der Waals surface area contributed by atoms with Crippen molar-refractivity contribution >= 4 is 51.6 Å². The van der Waals surface area contributed by atoms with Gasteiger partial charge in [-0.1, -0.05) is 15.9 Å². The normalized spacial score (nSPS) is 27.4. The fourth-order valence-electron chi connectivity index (χ4n) is 2.48. The van der Waals surface area contributed by atoms with E-state index in [1.807, 2.05) is 0 Å². The Morgan fingerprint density at radius 3 is 1.85 bits per heavy atom. The van der Waals surface area contributed by atoms with E-state index in [4.69, 9.17) is 23.7 Å². The summed E-state index contributed by atoms with van der Waals surface area (Å²) in [6, 6.07) is 0. The molecule has 1 heterocycles. The van der Waals surface area contributed by atoms with Crippen LogP contribution in [0.3, 0.4) is 0 Å². The number of esters is 4. The van der Waals surface area contributed by atoms with Crippen molar-refractivity contribution in [3.63, 3.8) is 0 Å². The molecule has 0 N–H and O–H groups in total. The van der Waals surface area contributed by atoms with Gasteiger partial charge in [-0.3, -0.25) is 19.2 Å². The number of carbonyl (C=O) groups is 4. The molecule has 11 heteroatoms. The van der Waals surface area contributed by atoms with Crippen LogP contribution in [-0.2, 0) is 42.9 Å². The molecule has 1 saturated heterocycles. The average Bonchev–Trinajstić information content (AvgIpc) is 2.54. The molecule has 0 amide bonds. The van der Waals surface area contributed by atoms with Gasteiger partial charge in [-0.25, -0.2) is 0 Å². The van der Waals surface area contributed by atoms with Crippen LogP contribution in [0.25, 0.3) is 0 Å². The summed E-state index contributed by atoms with van der Waals surface area (Å²) in [5, 5.41) is 0.643. The molecule has 0 aromatic carbocycles. The molecule has 1 aliphatic heterocycles. The predicted molar refractivity (Wildman–Crippen MR) is 98.2 cm³/mol. The van der Waals surface area contributed by atoms with Gasteiger partial charge in [0.05, 0.1) is 0 Å². The van der Waals surface area contributed by atoms with Crippen molar-refractivity contribution in [2.24, 2.45) is 0 Å². The highest BCUT2D eigenvalue weighted by molar-refractivity contribution is 9.09. The Bertz CT molecular complexity index is 556. The molecule has 0 aliphatic carbocycles. The van der Waals surface area contributed by atoms with Crippen LogP contribution in [0.4, 0.5) is 0 Å². The molecule has 0 radical (unpaired) electrons. The minimum absolute atomic E-state index is 0.219. The molecular formula is C16H23BrO9S. The third-order valence-corrected chi connectivity index (χ3v) is 5.38. The van der Waals surface area contributed by atoms with Crippen molar-refractivity contribution in [3.8, 4) is 0 Å². The first-order valence-corrected chi connectivity index (χ1v) is 10.3. The van der Waals surface area contributed by atoms with Gasteiger partial charge < -0.3 is 23.7 Å². The van der Waals surface area contributed by atoms with Gasteiger partial charge in [0.15, 0.2) is 18.3 Å². The summed E-state index contributed by atoms with van der Waals surface area (Å²) >= 11 is 4.62. The minimum Gasteiger partial charge on any atom is -0.463 e. The first kappa shape index (κ1) is 23.7. The quantitative estimate of drug-likeness (QED) is 0.291. The van der Waals surface area contributed by atoms with Crippen molar-refractivity contribution in [1.82, 2.24) is 0 Å². The topological polar surface area (TPSA) is 114 Å². The van der Waals surface area contributed by atoms with Gasteiger partial charge in [-0.05, 0) is 0 Å². The molecule has 9 nitrogen and oxygen atoms in total. The van der Waals surface area contributed by atoms with Gasteiger partial charge in [0.25, 0.3) is 0 Å². The summed E-state index contributed by atoms with van der Waals surface area (Å²) < 4.78 is 26.8. The summed E-state index contributed by atoms with van der Waals surface area (Å²) in [6.45, 7) is 4.59. The molecule has 27 heavy (non-hydrogen) atoms. The Balaban J connectivity index is 3.22. The Morgan fingerprint density at radius 2 is 1.37 bits per heavy atom. The summed E-state index contributed by atoms with van der Waals surface area (Å²) in [6.07, 6.45) is -4.14. The van der Waals surface area contributed by atoms with E-state index in [1.165, 1.54) is 39.5 Å². The van der Waals surface area contributed by atoms with Gasteiger partial charge in [0.2, 0.25) is 0 Å². The van der Waals surface area contributed by atoms with Crippen LogP contribution in [-0.4, -0.2) is 71.4 Å². The molecule has 0 spiro atoms. The number of halogens is 1. The van der Waals surface area contributed by atoms with Crippen molar-refractivity contribution in [1.29, 1.82) is 0 Å². The maximum Gasteiger partial charge on any atom is 0.303 e. The van der Waals surface area contributed by atoms with Gasteiger partial charge in [-0.15, -0.1) is 11.8 Å². The second-order valence-corrected chi connectivity index (χ2v) is 7.63. The van der Waals surface area contributed by atoms with Crippen LogP contribution in [0.2, 0.25) is 0 Å². The van der Waals surface area contributed by atoms with E-state index in [0.717, 1.165) is 0 Å². The Morgan fingerprint density at radius 1 is 0.852 bits per heavy atom. The zero-order valence-corrected chi connectivity index (χ0v) is 17.9. The number of hydrogen-bond donors (Lipinski definition) is 0. The molecule has 154 valence electrons. The van der Waals surface area contributed by atoms with E-state index in [2.05, 4.69) is 15.9 Å². The molecule has 0 aromatic heterocycles. The van der Waals surface area contributed by atoms with Gasteiger partial charge in [0.1, 0.15) is 18.1 Å². The van der Waals surface area contributed by atoms with Crippen molar-refractivity contribution < 1.29 is 42.9 Å². The highest BCUT2D eigenvalue weighted by Crippen LogP contribution is 2.34. The van der Waals surface area contributed by atoms with Crippen LogP contribution < -0.4 is 0 Å². The zero-order valence-electron chi connectivity index (χ0n) is 15.5. The average molecular weight is 471 g/mol. The van der Waals surface area contributed by atoms with E-state index in [1.54, 1.807) is 0 Å². The molecule has 1 rings (SSSR count). The number of alkyl halides is 1. The lowest BCUT2D eigenvalue weighted by Crippen LogP contribution is -2.61. The molecule has 1 aliphatic rings. The van der Waals surface area contributed by atoms with E-state index >= 15 is 0 Å². The van der Waals surface area contributed by atoms with Gasteiger partial charge in [-0.2, -0.15) is 0 Å². The Labute approximate surface area is 169 Å². The summed E-state index contributed by atoms with van der Waals surface area (Å²) in [7, 11) is 0. The molecule has 0 bridgehead atoms. The third-order valence-electron chi connectivity index (χ3n) is 3.31. The maximum atomic E-state index is 11.6. The van der Waals surface area contributed by atoms with Crippen LogP contribution >= 0.6 is 27.7 Å². The number of carbonyl (C=O) groups excluding carboxylic acids is 4. The van der Waals surface area contributed by atoms with Crippen LogP contribution in [0.5, 0.6) is 0 Å². The van der Waals surface area contributed by atoms with E-state index in [-0.39, 0.29) is 6.61 Å². The van der Waals surface area contributed by atoms with Crippen LogP contribution in [0.1, 0.15) is 27.7 Å². The van der Waals surface area contributed by atoms with Crippen molar-refractivity contribution in [3.05, 3.63) is 0 Å². The number of ether oxygens (including phenoxy) is 5. The lowest BCUT2D eigenvalue weighted by molar-refractivity contribution is -0.237. The molecule has 1 fully saturated rings. The summed E-state index contributed by atoms with van der Waals surface area (Å²) in [4.78, 5) is 45.9. The maximum absolute atomic E-state index is 11.6. The monoisotopic (exact) mass is 470 g/mol. The minimum atomic E-state index is -1.11. The van der Waals surface area contributed by atoms with Crippen molar-refractivity contribution in [2.45, 2.75) is 57.5 Å². The highest BCUT2D eigenvalue weighted by atomic mass is 79.9. The van der Waals surface area contributed by atoms with E-state index < -0.39 is 53.7 Å². The lowest BCUT2D eigenvalue weighted by atomic mass is 9.99. The second kappa shape index (κ2) is 11.5. The molecular weight excluding hydrogens is 448 g/mol. The third kappa shape index (κ3) is 8.06. The summed E-state index contributed by atoms with van der Waals surface area (Å²) in [5.74, 6) is -1.84. The van der Waals surface area contributed by atoms with E-state index in [0.29, 0.717) is 11.1 Å². The molecule has 5 atom stereocenters. The number of rotatable bonds is 8. The SMILES string of the molecule is CC(=O)OC[C@H]1O[C@@H](SCCBr)[C@H](OC(C)=O)[C@@H](OC(C)=O)[C@@H]1OC(C)=O. The largest absolute Gasteiger partial charge is 0.463 e. The first-order valence-electron chi connectivity index (χ1n) is 8.13. The second-order valence-electron chi connectivity index (χ2n) is 5.63. The molecule has 0 unspecified atom stereocenters. The lowest BCUT2D eigenvalue weighted by Gasteiger charge is -2.44. The smallest absolute Gasteiger partial charge is 0.303 e. The highest BCUT2D eigenvalue weighted by Gasteiger charge is 2.52. The number of thioether (sulfide) groups is 1. The fraction of sp³-hybridized carbons (Fsp3) is 0.750. The van der Waals surface area contributed by atoms with Gasteiger partial charge >= 0.3 is 23.9 Å². The first-order chi connectivity index (χ1) is 12.6. The van der Waals surface area contributed by atoms with Crippen LogP contribution in [0, 0.1) is 0 Å². The van der Waals surface area contributed by atoms with Crippen molar-refractivity contribution in [2.75, 3.05) is 17.7 Å². The summed E-state index contributed by atoms with van der Waals surface area (Å²) in [5.41, 5.74) is -0.719. The molecule has 0 aromatic rings. The van der Waals surface area contributed by atoms with Gasteiger partial charge in [0, 0.05) is 38.8 Å².